The maximum absolute atomic E-state index is 12.0. The number of carboxylic acid groups (broad SMARTS) is 1. The average molecular weight is 321 g/mol. The number of ether oxygens (including phenoxy) is 1. The number of aromatic carboxylic acids is 1. The second kappa shape index (κ2) is 6.82. The van der Waals surface area contributed by atoms with Crippen LogP contribution in [0.1, 0.15) is 27.9 Å². The third-order valence-electron chi connectivity index (χ3n) is 2.30. The summed E-state index contributed by atoms with van der Waals surface area (Å²) in [6.07, 6.45) is -0.0813. The van der Waals surface area contributed by atoms with Crippen molar-refractivity contribution in [3.8, 4) is 0 Å². The molecule has 9 heteroatoms. The number of nitrogens with one attached hydrogen (secondary N) is 1. The topological polar surface area (TPSA) is 110 Å². The summed E-state index contributed by atoms with van der Waals surface area (Å²) in [4.78, 5) is 22.1. The molecule has 1 aromatic heterocycles. The van der Waals surface area contributed by atoms with Gasteiger partial charge < -0.3 is 9.84 Å². The highest BCUT2D eigenvalue weighted by Gasteiger charge is 2.22. The van der Waals surface area contributed by atoms with Gasteiger partial charge >= 0.3 is 11.9 Å². The molecule has 0 saturated carbocycles. The second-order valence-electron chi connectivity index (χ2n) is 3.79. The minimum absolute atomic E-state index is 0.0479. The third kappa shape index (κ3) is 4.29. The molecule has 0 atom stereocenters. The third-order valence-corrected chi connectivity index (χ3v) is 5.05. The largest absolute Gasteiger partial charge is 0.477 e. The summed E-state index contributed by atoms with van der Waals surface area (Å²) in [6, 6.07) is 1.11. The van der Waals surface area contributed by atoms with Crippen molar-refractivity contribution in [1.29, 1.82) is 0 Å². The fourth-order valence-electron chi connectivity index (χ4n) is 1.44. The van der Waals surface area contributed by atoms with Crippen molar-refractivity contribution in [3.05, 3.63) is 15.8 Å². The number of hydrogen-bond acceptors (Lipinski definition) is 6. The van der Waals surface area contributed by atoms with Crippen LogP contribution in [0.5, 0.6) is 0 Å². The molecular weight excluding hydrogens is 306 g/mol. The molecule has 0 unspecified atom stereocenters. The monoisotopic (exact) mass is 321 g/mol. The minimum atomic E-state index is -3.82. The Morgan fingerprint density at radius 2 is 2.10 bits per heavy atom. The van der Waals surface area contributed by atoms with E-state index in [0.717, 1.165) is 17.4 Å². The Bertz CT molecular complexity index is 604. The van der Waals surface area contributed by atoms with Gasteiger partial charge in [0.1, 0.15) is 4.88 Å². The lowest BCUT2D eigenvalue weighted by Crippen LogP contribution is -2.27. The van der Waals surface area contributed by atoms with Crippen molar-refractivity contribution in [1.82, 2.24) is 4.72 Å². The Balaban J connectivity index is 2.74. The lowest BCUT2D eigenvalue weighted by Gasteiger charge is -2.05. The fourth-order valence-corrected chi connectivity index (χ4v) is 3.90. The molecule has 1 rings (SSSR count). The highest BCUT2D eigenvalue weighted by molar-refractivity contribution is 7.89. The van der Waals surface area contributed by atoms with E-state index in [0.29, 0.717) is 4.88 Å². The SMILES string of the molecule is CCOC(=O)CCNS(=O)(=O)c1cc(C(=O)O)sc1C. The van der Waals surface area contributed by atoms with Crippen LogP contribution in [-0.2, 0) is 19.6 Å². The van der Waals surface area contributed by atoms with Crippen molar-refractivity contribution in [2.75, 3.05) is 13.2 Å². The summed E-state index contributed by atoms with van der Waals surface area (Å²) in [5, 5.41) is 8.83. The number of carbonyl (C=O) groups is 2. The molecule has 0 aromatic carbocycles. The number of thiophene rings is 1. The Morgan fingerprint density at radius 1 is 1.45 bits per heavy atom. The first-order chi connectivity index (χ1) is 9.27. The van der Waals surface area contributed by atoms with Crippen LogP contribution >= 0.6 is 11.3 Å². The second-order valence-corrected chi connectivity index (χ2v) is 6.78. The van der Waals surface area contributed by atoms with Crippen LogP contribution in [0.15, 0.2) is 11.0 Å². The van der Waals surface area contributed by atoms with Crippen molar-refractivity contribution < 1.29 is 27.9 Å². The smallest absolute Gasteiger partial charge is 0.345 e. The number of aryl methyl sites for hydroxylation is 1. The van der Waals surface area contributed by atoms with Gasteiger partial charge in [0.05, 0.1) is 17.9 Å². The molecule has 20 heavy (non-hydrogen) atoms. The van der Waals surface area contributed by atoms with Crippen molar-refractivity contribution in [3.63, 3.8) is 0 Å². The van der Waals surface area contributed by atoms with E-state index in [-0.39, 0.29) is 29.3 Å². The molecule has 0 bridgehead atoms. The van der Waals surface area contributed by atoms with E-state index in [1.165, 1.54) is 6.92 Å². The van der Waals surface area contributed by atoms with E-state index < -0.39 is 22.0 Å². The summed E-state index contributed by atoms with van der Waals surface area (Å²) in [5.74, 6) is -1.67. The number of carboxylic acids is 1. The van der Waals surface area contributed by atoms with Gasteiger partial charge in [-0.15, -0.1) is 11.3 Å². The maximum Gasteiger partial charge on any atom is 0.345 e. The average Bonchev–Trinajstić information content (AvgIpc) is 2.72. The predicted molar refractivity (Wildman–Crippen MR) is 72.5 cm³/mol. The highest BCUT2D eigenvalue weighted by Crippen LogP contribution is 2.25. The number of hydrogen-bond donors (Lipinski definition) is 2. The summed E-state index contributed by atoms with van der Waals surface area (Å²) < 4.78 is 30.9. The Kier molecular flexibility index (Phi) is 5.66. The molecule has 2 N–H and O–H groups in total. The van der Waals surface area contributed by atoms with Crippen molar-refractivity contribution >= 4 is 33.3 Å². The van der Waals surface area contributed by atoms with Gasteiger partial charge in [-0.2, -0.15) is 0 Å². The summed E-state index contributed by atoms with van der Waals surface area (Å²) in [6.45, 7) is 3.32. The molecule has 1 heterocycles. The van der Waals surface area contributed by atoms with Crippen LogP contribution in [0, 0.1) is 6.92 Å². The lowest BCUT2D eigenvalue weighted by molar-refractivity contribution is -0.142. The van der Waals surface area contributed by atoms with Gasteiger partial charge in [0, 0.05) is 11.4 Å². The van der Waals surface area contributed by atoms with Gasteiger partial charge in [-0.3, -0.25) is 4.79 Å². The van der Waals surface area contributed by atoms with Crippen LogP contribution < -0.4 is 4.72 Å². The van der Waals surface area contributed by atoms with Crippen molar-refractivity contribution in [2.24, 2.45) is 0 Å². The molecule has 0 aliphatic heterocycles. The van der Waals surface area contributed by atoms with E-state index in [4.69, 9.17) is 5.11 Å². The Labute approximate surface area is 120 Å². The Hall–Kier alpha value is -1.45. The fraction of sp³-hybridized carbons (Fsp3) is 0.455. The molecular formula is C11H15NO6S2. The number of carbonyl (C=O) groups excluding carboxylic acids is 1. The Morgan fingerprint density at radius 3 is 2.60 bits per heavy atom. The molecule has 0 radical (unpaired) electrons. The standard InChI is InChI=1S/C11H15NO6S2/c1-3-18-10(13)4-5-12-20(16,17)9-6-8(11(14)15)19-7(9)2/h6,12H,3-5H2,1-2H3,(H,14,15). The van der Waals surface area contributed by atoms with E-state index >= 15 is 0 Å². The molecule has 0 saturated heterocycles. The molecule has 0 aliphatic carbocycles. The molecule has 0 amide bonds. The molecule has 7 nitrogen and oxygen atoms in total. The van der Waals surface area contributed by atoms with Crippen LogP contribution in [-0.4, -0.2) is 38.6 Å². The zero-order chi connectivity index (χ0) is 15.3. The quantitative estimate of drug-likeness (QED) is 0.725. The van der Waals surface area contributed by atoms with Gasteiger partial charge in [0.2, 0.25) is 10.0 Å². The summed E-state index contributed by atoms with van der Waals surface area (Å²) >= 11 is 0.887. The van der Waals surface area contributed by atoms with E-state index in [1.807, 2.05) is 0 Å². The van der Waals surface area contributed by atoms with E-state index in [2.05, 4.69) is 9.46 Å². The van der Waals surface area contributed by atoms with Gasteiger partial charge in [-0.05, 0) is 19.9 Å². The minimum Gasteiger partial charge on any atom is -0.477 e. The van der Waals surface area contributed by atoms with E-state index in [1.54, 1.807) is 6.92 Å². The number of esters is 1. The molecule has 0 spiro atoms. The zero-order valence-electron chi connectivity index (χ0n) is 11.0. The summed E-state index contributed by atoms with van der Waals surface area (Å²) in [5.41, 5.74) is 0. The highest BCUT2D eigenvalue weighted by atomic mass is 32.2. The summed E-state index contributed by atoms with van der Waals surface area (Å²) in [7, 11) is -3.82. The maximum atomic E-state index is 12.0. The van der Waals surface area contributed by atoms with Crippen LogP contribution in [0.3, 0.4) is 0 Å². The predicted octanol–water partition coefficient (Wildman–Crippen LogP) is 0.986. The lowest BCUT2D eigenvalue weighted by atomic mass is 10.4. The van der Waals surface area contributed by atoms with Crippen LogP contribution in [0.25, 0.3) is 0 Å². The molecule has 112 valence electrons. The van der Waals surface area contributed by atoms with Gasteiger partial charge in [-0.1, -0.05) is 0 Å². The first kappa shape index (κ1) is 16.6. The van der Waals surface area contributed by atoms with E-state index in [9.17, 15) is 18.0 Å². The van der Waals surface area contributed by atoms with Gasteiger partial charge in [0.15, 0.2) is 0 Å². The van der Waals surface area contributed by atoms with Crippen molar-refractivity contribution in [2.45, 2.75) is 25.2 Å². The molecule has 0 fully saturated rings. The first-order valence-corrected chi connectivity index (χ1v) is 8.07. The van der Waals surface area contributed by atoms with Crippen LogP contribution in [0.4, 0.5) is 0 Å². The van der Waals surface area contributed by atoms with Gasteiger partial charge in [-0.25, -0.2) is 17.9 Å². The number of sulfonamides is 1. The van der Waals surface area contributed by atoms with Crippen LogP contribution in [0.2, 0.25) is 0 Å². The number of rotatable bonds is 7. The molecule has 1 aromatic rings. The first-order valence-electron chi connectivity index (χ1n) is 5.77. The zero-order valence-corrected chi connectivity index (χ0v) is 12.6. The normalized spacial score (nSPS) is 11.3. The van der Waals surface area contributed by atoms with Gasteiger partial charge in [0.25, 0.3) is 0 Å². The molecule has 0 aliphatic rings.